The quantitative estimate of drug-likeness (QED) is 0.839. The van der Waals surface area contributed by atoms with E-state index in [0.29, 0.717) is 33.8 Å². The maximum atomic E-state index is 11.8. The van der Waals surface area contributed by atoms with Gasteiger partial charge in [-0.25, -0.2) is 0 Å². The SMILES string of the molecule is CS(=O)CCCNC(=O)c1ccc(Cl)cc1Br. The number of amides is 1. The fraction of sp³-hybridized carbons (Fsp3) is 0.364. The van der Waals surface area contributed by atoms with E-state index in [4.69, 9.17) is 11.6 Å². The Morgan fingerprint density at radius 1 is 1.53 bits per heavy atom. The first-order valence-electron chi connectivity index (χ1n) is 5.04. The molecule has 0 aliphatic heterocycles. The third-order valence-corrected chi connectivity index (χ3v) is 3.82. The smallest absolute Gasteiger partial charge is 0.252 e. The standard InChI is InChI=1S/C11H13BrClNO2S/c1-17(16)6-2-5-14-11(15)9-4-3-8(13)7-10(9)12/h3-4,7H,2,5-6H2,1H3,(H,14,15). The number of carbonyl (C=O) groups is 1. The van der Waals surface area contributed by atoms with E-state index in [2.05, 4.69) is 21.2 Å². The molecule has 0 aliphatic carbocycles. The highest BCUT2D eigenvalue weighted by Gasteiger charge is 2.09. The van der Waals surface area contributed by atoms with Gasteiger partial charge in [0, 0.05) is 38.8 Å². The number of nitrogens with one attached hydrogen (secondary N) is 1. The summed E-state index contributed by atoms with van der Waals surface area (Å²) in [5, 5.41) is 3.35. The number of hydrogen-bond donors (Lipinski definition) is 1. The van der Waals surface area contributed by atoms with Gasteiger partial charge in [0.25, 0.3) is 5.91 Å². The molecule has 0 radical (unpaired) electrons. The Morgan fingerprint density at radius 3 is 2.82 bits per heavy atom. The van der Waals surface area contributed by atoms with Crippen LogP contribution in [0.4, 0.5) is 0 Å². The summed E-state index contributed by atoms with van der Waals surface area (Å²) in [7, 11) is -0.810. The number of rotatable bonds is 5. The monoisotopic (exact) mass is 337 g/mol. The van der Waals surface area contributed by atoms with Gasteiger partial charge in [-0.2, -0.15) is 0 Å². The van der Waals surface area contributed by atoms with Crippen LogP contribution in [0.25, 0.3) is 0 Å². The van der Waals surface area contributed by atoms with Crippen LogP contribution in [0.1, 0.15) is 16.8 Å². The van der Waals surface area contributed by atoms with Crippen LogP contribution < -0.4 is 5.32 Å². The van der Waals surface area contributed by atoms with Crippen LogP contribution in [0.2, 0.25) is 5.02 Å². The molecule has 6 heteroatoms. The number of halogens is 2. The fourth-order valence-electron chi connectivity index (χ4n) is 1.25. The zero-order chi connectivity index (χ0) is 12.8. The van der Waals surface area contributed by atoms with Crippen LogP contribution in [0, 0.1) is 0 Å². The first-order chi connectivity index (χ1) is 8.00. The van der Waals surface area contributed by atoms with Crippen molar-refractivity contribution in [2.24, 2.45) is 0 Å². The van der Waals surface area contributed by atoms with Crippen molar-refractivity contribution in [3.63, 3.8) is 0 Å². The summed E-state index contributed by atoms with van der Waals surface area (Å²) in [5.41, 5.74) is 0.548. The van der Waals surface area contributed by atoms with E-state index in [1.165, 1.54) is 0 Å². The number of hydrogen-bond acceptors (Lipinski definition) is 2. The average Bonchev–Trinajstić information content (AvgIpc) is 2.23. The highest BCUT2D eigenvalue weighted by atomic mass is 79.9. The van der Waals surface area contributed by atoms with Crippen LogP contribution in [0.3, 0.4) is 0 Å². The van der Waals surface area contributed by atoms with Gasteiger partial charge in [-0.1, -0.05) is 11.6 Å². The van der Waals surface area contributed by atoms with Gasteiger partial charge in [0.1, 0.15) is 0 Å². The van der Waals surface area contributed by atoms with E-state index >= 15 is 0 Å². The summed E-state index contributed by atoms with van der Waals surface area (Å²) in [6.07, 6.45) is 2.36. The molecule has 1 amide bonds. The maximum absolute atomic E-state index is 11.8. The Morgan fingerprint density at radius 2 is 2.24 bits per heavy atom. The number of benzene rings is 1. The van der Waals surface area contributed by atoms with Gasteiger partial charge >= 0.3 is 0 Å². The van der Waals surface area contributed by atoms with Crippen molar-refractivity contribution in [1.29, 1.82) is 0 Å². The zero-order valence-electron chi connectivity index (χ0n) is 9.33. The predicted molar refractivity (Wildman–Crippen MR) is 75.0 cm³/mol. The van der Waals surface area contributed by atoms with Gasteiger partial charge in [-0.3, -0.25) is 9.00 Å². The molecule has 0 bridgehead atoms. The Balaban J connectivity index is 2.50. The second-order valence-electron chi connectivity index (χ2n) is 3.51. The van der Waals surface area contributed by atoms with Gasteiger partial charge in [-0.15, -0.1) is 0 Å². The fourth-order valence-corrected chi connectivity index (χ4v) is 2.66. The molecule has 0 saturated carbocycles. The van der Waals surface area contributed by atoms with Gasteiger partial charge < -0.3 is 5.32 Å². The van der Waals surface area contributed by atoms with Crippen molar-refractivity contribution in [2.45, 2.75) is 6.42 Å². The lowest BCUT2D eigenvalue weighted by Crippen LogP contribution is -2.25. The molecule has 1 rings (SSSR count). The third-order valence-electron chi connectivity index (χ3n) is 2.07. The molecule has 0 heterocycles. The van der Waals surface area contributed by atoms with Crippen molar-refractivity contribution in [1.82, 2.24) is 5.32 Å². The molecule has 1 aromatic carbocycles. The van der Waals surface area contributed by atoms with Crippen LogP contribution in [0.5, 0.6) is 0 Å². The van der Waals surface area contributed by atoms with Crippen LogP contribution in [-0.4, -0.2) is 28.7 Å². The zero-order valence-corrected chi connectivity index (χ0v) is 12.5. The van der Waals surface area contributed by atoms with Gasteiger partial charge in [-0.05, 0) is 40.5 Å². The summed E-state index contributed by atoms with van der Waals surface area (Å²) in [6, 6.07) is 5.01. The van der Waals surface area contributed by atoms with Crippen molar-refractivity contribution in [3.8, 4) is 0 Å². The Hall–Kier alpha value is -0.390. The first kappa shape index (κ1) is 14.7. The predicted octanol–water partition coefficient (Wildman–Crippen LogP) is 2.60. The summed E-state index contributed by atoms with van der Waals surface area (Å²) in [6.45, 7) is 0.521. The average molecular weight is 339 g/mol. The first-order valence-corrected chi connectivity index (χ1v) is 7.94. The largest absolute Gasteiger partial charge is 0.352 e. The molecule has 1 aromatic rings. The molecule has 17 heavy (non-hydrogen) atoms. The van der Waals surface area contributed by atoms with Crippen molar-refractivity contribution in [3.05, 3.63) is 33.3 Å². The molecule has 0 fully saturated rings. The van der Waals surface area contributed by atoms with Crippen LogP contribution in [-0.2, 0) is 10.8 Å². The molecule has 1 unspecified atom stereocenters. The van der Waals surface area contributed by atoms with Gasteiger partial charge in [0.15, 0.2) is 0 Å². The topological polar surface area (TPSA) is 46.2 Å². The molecule has 0 spiro atoms. The normalized spacial score (nSPS) is 12.2. The molecule has 0 saturated heterocycles. The highest BCUT2D eigenvalue weighted by molar-refractivity contribution is 9.10. The Kier molecular flexibility index (Phi) is 6.16. The molecule has 0 aliphatic rings. The Labute approximate surface area is 117 Å². The van der Waals surface area contributed by atoms with Crippen molar-refractivity contribution < 1.29 is 9.00 Å². The van der Waals surface area contributed by atoms with E-state index in [-0.39, 0.29) is 5.91 Å². The van der Waals surface area contributed by atoms with E-state index in [1.54, 1.807) is 24.5 Å². The molecular weight excluding hydrogens is 326 g/mol. The van der Waals surface area contributed by atoms with E-state index in [0.717, 1.165) is 0 Å². The maximum Gasteiger partial charge on any atom is 0.252 e. The second kappa shape index (κ2) is 7.13. The summed E-state index contributed by atoms with van der Waals surface area (Å²) < 4.78 is 11.5. The lowest BCUT2D eigenvalue weighted by atomic mass is 10.2. The van der Waals surface area contributed by atoms with E-state index < -0.39 is 10.8 Å². The van der Waals surface area contributed by atoms with E-state index in [9.17, 15) is 9.00 Å². The van der Waals surface area contributed by atoms with Crippen LogP contribution >= 0.6 is 27.5 Å². The second-order valence-corrected chi connectivity index (χ2v) is 6.36. The van der Waals surface area contributed by atoms with E-state index in [1.807, 2.05) is 0 Å². The van der Waals surface area contributed by atoms with Crippen molar-refractivity contribution in [2.75, 3.05) is 18.6 Å². The molecule has 1 atom stereocenters. The lowest BCUT2D eigenvalue weighted by molar-refractivity contribution is 0.0953. The highest BCUT2D eigenvalue weighted by Crippen LogP contribution is 2.21. The summed E-state index contributed by atoms with van der Waals surface area (Å²) >= 11 is 9.07. The third kappa shape index (κ3) is 5.19. The van der Waals surface area contributed by atoms with Gasteiger partial charge in [0.2, 0.25) is 0 Å². The lowest BCUT2D eigenvalue weighted by Gasteiger charge is -2.06. The molecule has 94 valence electrons. The minimum Gasteiger partial charge on any atom is -0.352 e. The Bertz CT molecular complexity index is 439. The van der Waals surface area contributed by atoms with Crippen molar-refractivity contribution >= 4 is 44.2 Å². The minimum absolute atomic E-state index is 0.157. The van der Waals surface area contributed by atoms with Gasteiger partial charge in [0.05, 0.1) is 5.56 Å². The summed E-state index contributed by atoms with van der Waals surface area (Å²) in [4.78, 5) is 11.8. The molecular formula is C11H13BrClNO2S. The minimum atomic E-state index is -0.810. The molecule has 1 N–H and O–H groups in total. The summed E-state index contributed by atoms with van der Waals surface area (Å²) in [5.74, 6) is 0.442. The van der Waals surface area contributed by atoms with Crippen LogP contribution in [0.15, 0.2) is 22.7 Å². The number of carbonyl (C=O) groups excluding carboxylic acids is 1. The molecule has 0 aromatic heterocycles. The molecule has 3 nitrogen and oxygen atoms in total.